The first-order chi connectivity index (χ1) is 5.02. The molecule has 0 radical (unpaired) electrons. The standard InChI is InChI=1S/C5H11NO3S2.Na.H/c1-3-4-11(7,8)9-5(10)6-2;;/h3-4H2,1-2H3,(H,6,10);;. The predicted octanol–water partition coefficient (Wildman–Crippen LogP) is -0.401. The molecule has 0 aliphatic rings. The topological polar surface area (TPSA) is 55.4 Å². The van der Waals surface area contributed by atoms with Crippen molar-refractivity contribution < 1.29 is 12.6 Å². The third-order valence-corrected chi connectivity index (χ3v) is 2.58. The molecule has 0 aromatic rings. The second-order valence-corrected chi connectivity index (χ2v) is 3.94. The average Bonchev–Trinajstić information content (AvgIpc) is 1.86. The van der Waals surface area contributed by atoms with Gasteiger partial charge in [-0.25, -0.2) is 0 Å². The summed E-state index contributed by atoms with van der Waals surface area (Å²) >= 11 is 4.51. The van der Waals surface area contributed by atoms with Gasteiger partial charge in [0.25, 0.3) is 5.17 Å². The summed E-state index contributed by atoms with van der Waals surface area (Å²) in [6.45, 7) is 1.75. The van der Waals surface area contributed by atoms with Crippen molar-refractivity contribution in [3.8, 4) is 0 Å². The summed E-state index contributed by atoms with van der Waals surface area (Å²) in [5.74, 6) is -0.00514. The van der Waals surface area contributed by atoms with Gasteiger partial charge in [0.1, 0.15) is 0 Å². The van der Waals surface area contributed by atoms with Gasteiger partial charge in [-0.05, 0) is 18.6 Å². The Hall–Kier alpha value is 0.640. The molecule has 0 aromatic carbocycles. The van der Waals surface area contributed by atoms with Crippen LogP contribution in [0.15, 0.2) is 0 Å². The van der Waals surface area contributed by atoms with Crippen molar-refractivity contribution in [2.75, 3.05) is 12.8 Å². The molecule has 0 spiro atoms. The first-order valence-electron chi connectivity index (χ1n) is 3.15. The molecule has 0 amide bonds. The zero-order valence-electron chi connectivity index (χ0n) is 6.46. The van der Waals surface area contributed by atoms with Crippen molar-refractivity contribution in [1.82, 2.24) is 5.32 Å². The molecule has 0 heterocycles. The molecule has 0 saturated carbocycles. The molecule has 0 saturated heterocycles. The Kier molecular flexibility index (Phi) is 8.93. The Labute approximate surface area is 100 Å². The Bertz CT molecular complexity index is 227. The van der Waals surface area contributed by atoms with Gasteiger partial charge in [-0.15, -0.1) is 0 Å². The maximum absolute atomic E-state index is 10.9. The van der Waals surface area contributed by atoms with Gasteiger partial charge >= 0.3 is 39.7 Å². The van der Waals surface area contributed by atoms with Crippen LogP contribution in [-0.2, 0) is 14.3 Å². The van der Waals surface area contributed by atoms with Crippen molar-refractivity contribution in [3.05, 3.63) is 0 Å². The molecule has 0 aromatic heterocycles. The van der Waals surface area contributed by atoms with E-state index in [1.165, 1.54) is 7.05 Å². The third-order valence-electron chi connectivity index (χ3n) is 0.861. The van der Waals surface area contributed by atoms with E-state index in [0.717, 1.165) is 0 Å². The van der Waals surface area contributed by atoms with Gasteiger partial charge in [-0.3, -0.25) is 0 Å². The molecule has 4 nitrogen and oxygen atoms in total. The van der Waals surface area contributed by atoms with E-state index in [1.54, 1.807) is 6.92 Å². The minimum atomic E-state index is -3.45. The quantitative estimate of drug-likeness (QED) is 0.399. The second-order valence-electron chi connectivity index (χ2n) is 1.88. The first kappa shape index (κ1) is 15.1. The van der Waals surface area contributed by atoms with Gasteiger partial charge in [-0.1, -0.05) is 6.92 Å². The third kappa shape index (κ3) is 7.30. The Morgan fingerprint density at radius 3 is 2.42 bits per heavy atom. The zero-order chi connectivity index (χ0) is 8.91. The molecule has 0 aliphatic heterocycles. The van der Waals surface area contributed by atoms with E-state index in [4.69, 9.17) is 0 Å². The normalized spacial score (nSPS) is 9.83. The van der Waals surface area contributed by atoms with E-state index < -0.39 is 10.1 Å². The van der Waals surface area contributed by atoms with Crippen LogP contribution in [0.2, 0.25) is 0 Å². The second kappa shape index (κ2) is 7.08. The van der Waals surface area contributed by atoms with E-state index in [9.17, 15) is 8.42 Å². The molecule has 0 unspecified atom stereocenters. The van der Waals surface area contributed by atoms with E-state index >= 15 is 0 Å². The molecule has 0 atom stereocenters. The summed E-state index contributed by atoms with van der Waals surface area (Å²) in [5.41, 5.74) is 0. The summed E-state index contributed by atoms with van der Waals surface area (Å²) < 4.78 is 26.1. The van der Waals surface area contributed by atoms with E-state index in [1.807, 2.05) is 0 Å². The zero-order valence-corrected chi connectivity index (χ0v) is 8.09. The molecule has 0 rings (SSSR count). The number of hydrogen-bond donors (Lipinski definition) is 1. The van der Waals surface area contributed by atoms with Crippen molar-refractivity contribution >= 4 is 57.1 Å². The summed E-state index contributed by atoms with van der Waals surface area (Å²) in [6.07, 6.45) is 0.522. The van der Waals surface area contributed by atoms with Crippen molar-refractivity contribution in [2.24, 2.45) is 0 Å². The summed E-state index contributed by atoms with van der Waals surface area (Å²) in [6, 6.07) is 0. The minimum absolute atomic E-state index is 0. The van der Waals surface area contributed by atoms with Gasteiger partial charge in [0.15, 0.2) is 0 Å². The SMILES string of the molecule is CCCS(=O)(=O)OC(=S)NC.[NaH]. The van der Waals surface area contributed by atoms with Gasteiger partial charge in [0.2, 0.25) is 0 Å². The summed E-state index contributed by atoms with van der Waals surface area (Å²) in [4.78, 5) is 0. The van der Waals surface area contributed by atoms with Crippen molar-refractivity contribution in [1.29, 1.82) is 0 Å². The fourth-order valence-corrected chi connectivity index (χ4v) is 1.66. The van der Waals surface area contributed by atoms with Gasteiger partial charge < -0.3 is 9.50 Å². The van der Waals surface area contributed by atoms with Crippen LogP contribution in [0.4, 0.5) is 0 Å². The van der Waals surface area contributed by atoms with E-state index in [0.29, 0.717) is 6.42 Å². The molecule has 12 heavy (non-hydrogen) atoms. The monoisotopic (exact) mass is 221 g/mol. The van der Waals surface area contributed by atoms with Crippen molar-refractivity contribution in [3.63, 3.8) is 0 Å². The van der Waals surface area contributed by atoms with Crippen LogP contribution in [0, 0.1) is 0 Å². The molecular formula is C5H12NNaO3S2. The van der Waals surface area contributed by atoms with Crippen LogP contribution in [0.5, 0.6) is 0 Å². The Morgan fingerprint density at radius 1 is 1.58 bits per heavy atom. The average molecular weight is 221 g/mol. The predicted molar refractivity (Wildman–Crippen MR) is 54.0 cm³/mol. The fraction of sp³-hybridized carbons (Fsp3) is 0.800. The molecule has 7 heteroatoms. The number of hydrogen-bond acceptors (Lipinski definition) is 4. The van der Waals surface area contributed by atoms with Crippen LogP contribution in [0.1, 0.15) is 13.3 Å². The van der Waals surface area contributed by atoms with Crippen LogP contribution >= 0.6 is 12.2 Å². The fourth-order valence-electron chi connectivity index (χ4n) is 0.449. The van der Waals surface area contributed by atoms with Gasteiger partial charge in [0.05, 0.1) is 5.75 Å². The molecule has 1 N–H and O–H groups in total. The molecule has 0 fully saturated rings. The van der Waals surface area contributed by atoms with Gasteiger partial charge in [0, 0.05) is 7.05 Å². The number of thiocarbonyl (C=S) groups is 1. The van der Waals surface area contributed by atoms with Crippen LogP contribution in [-0.4, -0.2) is 56.0 Å². The van der Waals surface area contributed by atoms with E-state index in [2.05, 4.69) is 21.7 Å². The summed E-state index contributed by atoms with van der Waals surface area (Å²) in [7, 11) is -1.94. The Balaban J connectivity index is 0. The van der Waals surface area contributed by atoms with Crippen molar-refractivity contribution in [2.45, 2.75) is 13.3 Å². The van der Waals surface area contributed by atoms with Gasteiger partial charge in [-0.2, -0.15) is 8.42 Å². The molecule has 0 aliphatic carbocycles. The molecule has 0 bridgehead atoms. The first-order valence-corrected chi connectivity index (χ1v) is 5.14. The molecular weight excluding hydrogens is 209 g/mol. The van der Waals surface area contributed by atoms with E-state index in [-0.39, 0.29) is 40.5 Å². The Morgan fingerprint density at radius 2 is 2.08 bits per heavy atom. The maximum atomic E-state index is 10.9. The van der Waals surface area contributed by atoms with Crippen LogP contribution in [0.3, 0.4) is 0 Å². The number of nitrogens with one attached hydrogen (secondary N) is 1. The number of rotatable bonds is 3. The molecule has 68 valence electrons. The van der Waals surface area contributed by atoms with Crippen LogP contribution < -0.4 is 5.32 Å². The summed E-state index contributed by atoms with van der Waals surface area (Å²) in [5, 5.41) is 2.30. The van der Waals surface area contributed by atoms with Crippen LogP contribution in [0.25, 0.3) is 0 Å².